The summed E-state index contributed by atoms with van der Waals surface area (Å²) in [4.78, 5) is 37.7. The van der Waals surface area contributed by atoms with Crippen molar-refractivity contribution >= 4 is 29.3 Å². The van der Waals surface area contributed by atoms with Gasteiger partial charge in [0.2, 0.25) is 5.91 Å². The average molecular weight is 405 g/mol. The van der Waals surface area contributed by atoms with Crippen LogP contribution in [0, 0.1) is 0 Å². The summed E-state index contributed by atoms with van der Waals surface area (Å²) in [6, 6.07) is 5.00. The number of esters is 1. The van der Waals surface area contributed by atoms with E-state index < -0.39 is 23.7 Å². The number of ether oxygens (including phenoxy) is 2. The van der Waals surface area contributed by atoms with Gasteiger partial charge < -0.3 is 25.0 Å². The first-order valence-electron chi connectivity index (χ1n) is 9.93. The van der Waals surface area contributed by atoms with Crippen LogP contribution in [0.1, 0.15) is 46.6 Å². The predicted octanol–water partition coefficient (Wildman–Crippen LogP) is 2.85. The molecule has 29 heavy (non-hydrogen) atoms. The summed E-state index contributed by atoms with van der Waals surface area (Å²) in [5.74, 6) is -0.493. The summed E-state index contributed by atoms with van der Waals surface area (Å²) in [5, 5.41) is 5.38. The van der Waals surface area contributed by atoms with Gasteiger partial charge in [-0.2, -0.15) is 0 Å². The second kappa shape index (κ2) is 9.62. The first kappa shape index (κ1) is 22.5. The summed E-state index contributed by atoms with van der Waals surface area (Å²) in [7, 11) is 0. The van der Waals surface area contributed by atoms with Crippen molar-refractivity contribution in [2.24, 2.45) is 0 Å². The highest BCUT2D eigenvalue weighted by Crippen LogP contribution is 2.31. The predicted molar refractivity (Wildman–Crippen MR) is 111 cm³/mol. The van der Waals surface area contributed by atoms with E-state index in [2.05, 4.69) is 15.5 Å². The van der Waals surface area contributed by atoms with Gasteiger partial charge >= 0.3 is 12.1 Å². The molecule has 1 aliphatic heterocycles. The maximum Gasteiger partial charge on any atom is 0.408 e. The zero-order valence-electron chi connectivity index (χ0n) is 17.8. The third kappa shape index (κ3) is 6.66. The number of rotatable bonds is 7. The standard InChI is InChI=1S/C21H31N3O5/c1-6-24(17-9-7-8-16-15(17)10-11-18(25)23-16)12-13-28-19(26)14(2)22-20(27)29-21(3,4)5/h7-9,14H,6,10-13H2,1-5H3,(H,22,27)(H,23,25)/t14-/m0/s1. The Morgan fingerprint density at radius 3 is 2.66 bits per heavy atom. The minimum atomic E-state index is -0.806. The molecule has 8 heteroatoms. The van der Waals surface area contributed by atoms with Crippen LogP contribution in [-0.2, 0) is 25.5 Å². The molecule has 0 aliphatic carbocycles. The van der Waals surface area contributed by atoms with E-state index in [1.54, 1.807) is 27.7 Å². The van der Waals surface area contributed by atoms with Crippen LogP contribution in [0.5, 0.6) is 0 Å². The van der Waals surface area contributed by atoms with Crippen LogP contribution in [0.3, 0.4) is 0 Å². The minimum Gasteiger partial charge on any atom is -0.462 e. The van der Waals surface area contributed by atoms with Crippen LogP contribution < -0.4 is 15.5 Å². The number of benzene rings is 1. The van der Waals surface area contributed by atoms with Crippen LogP contribution in [0.15, 0.2) is 18.2 Å². The normalized spacial score (nSPS) is 14.3. The molecule has 2 N–H and O–H groups in total. The van der Waals surface area contributed by atoms with E-state index >= 15 is 0 Å². The molecule has 2 amide bonds. The molecule has 160 valence electrons. The lowest BCUT2D eigenvalue weighted by Gasteiger charge is -2.29. The fourth-order valence-electron chi connectivity index (χ4n) is 3.08. The van der Waals surface area contributed by atoms with Crippen molar-refractivity contribution in [2.75, 3.05) is 29.9 Å². The first-order chi connectivity index (χ1) is 13.6. The van der Waals surface area contributed by atoms with Crippen molar-refractivity contribution in [3.05, 3.63) is 23.8 Å². The highest BCUT2D eigenvalue weighted by molar-refractivity contribution is 5.95. The molecule has 0 spiro atoms. The Morgan fingerprint density at radius 1 is 1.28 bits per heavy atom. The average Bonchev–Trinajstić information content (AvgIpc) is 2.62. The summed E-state index contributed by atoms with van der Waals surface area (Å²) in [6.45, 7) is 10.3. The van der Waals surface area contributed by atoms with Gasteiger partial charge in [-0.25, -0.2) is 9.59 Å². The summed E-state index contributed by atoms with van der Waals surface area (Å²) in [5.41, 5.74) is 2.33. The lowest BCUT2D eigenvalue weighted by molar-refractivity contribution is -0.145. The van der Waals surface area contributed by atoms with Gasteiger partial charge in [-0.3, -0.25) is 4.79 Å². The summed E-state index contributed by atoms with van der Waals surface area (Å²) < 4.78 is 10.5. The zero-order chi connectivity index (χ0) is 21.6. The SMILES string of the molecule is CCN(CCOC(=O)[C@H](C)NC(=O)OC(C)(C)C)c1cccc2c1CCC(=O)N2. The Hall–Kier alpha value is -2.77. The molecular formula is C21H31N3O5. The fourth-order valence-corrected chi connectivity index (χ4v) is 3.08. The van der Waals surface area contributed by atoms with Gasteiger partial charge in [0.05, 0.1) is 6.54 Å². The molecular weight excluding hydrogens is 374 g/mol. The van der Waals surface area contributed by atoms with Crippen LogP contribution in [-0.4, -0.2) is 49.3 Å². The van der Waals surface area contributed by atoms with Gasteiger partial charge in [-0.15, -0.1) is 0 Å². The quantitative estimate of drug-likeness (QED) is 0.677. The molecule has 0 radical (unpaired) electrons. The third-order valence-corrected chi connectivity index (χ3v) is 4.44. The molecule has 1 heterocycles. The highest BCUT2D eigenvalue weighted by atomic mass is 16.6. The number of hydrogen-bond donors (Lipinski definition) is 2. The van der Waals surface area contributed by atoms with Crippen molar-refractivity contribution in [1.82, 2.24) is 5.32 Å². The first-order valence-corrected chi connectivity index (χ1v) is 9.93. The molecule has 1 aromatic carbocycles. The smallest absolute Gasteiger partial charge is 0.408 e. The number of carbonyl (C=O) groups is 3. The maximum absolute atomic E-state index is 12.2. The van der Waals surface area contributed by atoms with Crippen LogP contribution in [0.25, 0.3) is 0 Å². The molecule has 2 rings (SSSR count). The van der Waals surface area contributed by atoms with E-state index in [0.717, 1.165) is 23.5 Å². The lowest BCUT2D eigenvalue weighted by Crippen LogP contribution is -2.43. The van der Waals surface area contributed by atoms with E-state index in [9.17, 15) is 14.4 Å². The van der Waals surface area contributed by atoms with Gasteiger partial charge in [0.15, 0.2) is 0 Å². The number of anilines is 2. The zero-order valence-corrected chi connectivity index (χ0v) is 17.8. The Bertz CT molecular complexity index is 757. The minimum absolute atomic E-state index is 0.0260. The molecule has 8 nitrogen and oxygen atoms in total. The van der Waals surface area contributed by atoms with Gasteiger partial charge in [0.25, 0.3) is 0 Å². The molecule has 1 atom stereocenters. The van der Waals surface area contributed by atoms with Crippen LogP contribution in [0.2, 0.25) is 0 Å². The van der Waals surface area contributed by atoms with Crippen molar-refractivity contribution in [2.45, 2.75) is 59.1 Å². The number of carbonyl (C=O) groups excluding carboxylic acids is 3. The van der Waals surface area contributed by atoms with Gasteiger partial charge in [0.1, 0.15) is 18.2 Å². The Kier molecular flexibility index (Phi) is 7.47. The van der Waals surface area contributed by atoms with E-state index in [1.807, 2.05) is 25.1 Å². The largest absolute Gasteiger partial charge is 0.462 e. The summed E-state index contributed by atoms with van der Waals surface area (Å²) in [6.07, 6.45) is 0.490. The second-order valence-corrected chi connectivity index (χ2v) is 7.97. The van der Waals surface area contributed by atoms with E-state index in [-0.39, 0.29) is 12.5 Å². The lowest BCUT2D eigenvalue weighted by atomic mass is 10.00. The molecule has 0 bridgehead atoms. The second-order valence-electron chi connectivity index (χ2n) is 7.97. The monoisotopic (exact) mass is 405 g/mol. The van der Waals surface area contributed by atoms with Crippen molar-refractivity contribution in [3.63, 3.8) is 0 Å². The van der Waals surface area contributed by atoms with Gasteiger partial charge in [-0.05, 0) is 58.7 Å². The Morgan fingerprint density at radius 2 is 2.00 bits per heavy atom. The molecule has 0 aromatic heterocycles. The maximum atomic E-state index is 12.2. The number of likely N-dealkylation sites (N-methyl/N-ethyl adjacent to an activating group) is 1. The molecule has 1 aliphatic rings. The number of fused-ring (bicyclic) bond motifs is 1. The van der Waals surface area contributed by atoms with E-state index in [4.69, 9.17) is 9.47 Å². The number of alkyl carbamates (subject to hydrolysis) is 1. The van der Waals surface area contributed by atoms with Crippen LogP contribution in [0.4, 0.5) is 16.2 Å². The number of amides is 2. The highest BCUT2D eigenvalue weighted by Gasteiger charge is 2.23. The van der Waals surface area contributed by atoms with E-state index in [0.29, 0.717) is 19.4 Å². The number of hydrogen-bond acceptors (Lipinski definition) is 6. The number of nitrogens with zero attached hydrogens (tertiary/aromatic N) is 1. The third-order valence-electron chi connectivity index (χ3n) is 4.44. The Labute approximate surface area is 171 Å². The van der Waals surface area contributed by atoms with E-state index in [1.165, 1.54) is 0 Å². The molecule has 0 unspecified atom stereocenters. The van der Waals surface area contributed by atoms with Crippen molar-refractivity contribution in [3.8, 4) is 0 Å². The fraction of sp³-hybridized carbons (Fsp3) is 0.571. The molecule has 0 saturated heterocycles. The molecule has 0 saturated carbocycles. The van der Waals surface area contributed by atoms with Crippen molar-refractivity contribution < 1.29 is 23.9 Å². The molecule has 1 aromatic rings. The topological polar surface area (TPSA) is 97.0 Å². The molecule has 0 fully saturated rings. The Balaban J connectivity index is 1.89. The van der Waals surface area contributed by atoms with Crippen molar-refractivity contribution in [1.29, 1.82) is 0 Å². The van der Waals surface area contributed by atoms with Crippen LogP contribution >= 0.6 is 0 Å². The van der Waals surface area contributed by atoms with Gasteiger partial charge in [0, 0.05) is 24.3 Å². The number of nitrogens with one attached hydrogen (secondary N) is 2. The van der Waals surface area contributed by atoms with Gasteiger partial charge in [-0.1, -0.05) is 6.07 Å². The summed E-state index contributed by atoms with van der Waals surface area (Å²) >= 11 is 0.